The zero-order chi connectivity index (χ0) is 28.7. The monoisotopic (exact) mass is 544 g/mol. The molecule has 1 aliphatic carbocycles. The van der Waals surface area contributed by atoms with Gasteiger partial charge in [0.2, 0.25) is 17.6 Å². The van der Waals surface area contributed by atoms with E-state index in [2.05, 4.69) is 0 Å². The highest BCUT2D eigenvalue weighted by Gasteiger charge is 2.47. The van der Waals surface area contributed by atoms with Crippen LogP contribution in [-0.2, 0) is 14.3 Å². The number of fused-ring (bicyclic) bond motifs is 2. The Morgan fingerprint density at radius 3 is 2.20 bits per heavy atom. The summed E-state index contributed by atoms with van der Waals surface area (Å²) in [5.74, 6) is -1.85. The van der Waals surface area contributed by atoms with E-state index < -0.39 is 12.1 Å². The summed E-state index contributed by atoms with van der Waals surface area (Å²) < 4.78 is 5.65. The van der Waals surface area contributed by atoms with Gasteiger partial charge in [0.25, 0.3) is 0 Å². The number of aromatic nitrogens is 1. The number of imide groups is 1. The molecule has 2 aliphatic rings. The largest absolute Gasteiger partial charge is 0.451 e. The van der Waals surface area contributed by atoms with Gasteiger partial charge in [-0.3, -0.25) is 19.3 Å². The lowest BCUT2D eigenvalue weighted by Crippen LogP contribution is -2.30. The third kappa shape index (κ3) is 4.84. The van der Waals surface area contributed by atoms with Crippen LogP contribution in [0.1, 0.15) is 46.0 Å². The van der Waals surface area contributed by atoms with Gasteiger partial charge in [-0.1, -0.05) is 66.2 Å². The Morgan fingerprint density at radius 1 is 0.878 bits per heavy atom. The van der Waals surface area contributed by atoms with Crippen LogP contribution in [0, 0.1) is 18.8 Å². The van der Waals surface area contributed by atoms with Crippen LogP contribution in [0.25, 0.3) is 22.2 Å². The Balaban J connectivity index is 1.31. The van der Waals surface area contributed by atoms with Gasteiger partial charge < -0.3 is 4.74 Å². The molecule has 204 valence electrons. The van der Waals surface area contributed by atoms with Crippen molar-refractivity contribution in [3.05, 3.63) is 108 Å². The van der Waals surface area contributed by atoms with Crippen LogP contribution in [0.3, 0.4) is 0 Å². The number of aryl methyl sites for hydroxylation is 1. The number of hydrogen-bond acceptors (Lipinski definition) is 6. The van der Waals surface area contributed by atoms with Crippen LogP contribution in [0.5, 0.6) is 0 Å². The quantitative estimate of drug-likeness (QED) is 0.126. The van der Waals surface area contributed by atoms with Gasteiger partial charge in [0.1, 0.15) is 0 Å². The molecule has 0 unspecified atom stereocenters. The minimum absolute atomic E-state index is 0.166. The first-order chi connectivity index (χ1) is 19.8. The molecular weight excluding hydrogens is 516 g/mol. The number of carbonyl (C=O) groups excluding carboxylic acids is 4. The molecule has 0 bridgehead atoms. The molecule has 1 fully saturated rings. The van der Waals surface area contributed by atoms with Crippen molar-refractivity contribution in [2.24, 2.45) is 11.8 Å². The normalized spacial score (nSPS) is 18.8. The number of amides is 2. The molecule has 7 nitrogen and oxygen atoms in total. The summed E-state index contributed by atoms with van der Waals surface area (Å²) in [6, 6.07) is 23.0. The SMILES string of the molecule is Cc1ccc2nc(-c3ccc(N4C(=O)[C@H]5CC=CC[C@H]5C4=O)cc3)cc(C(=O)O[C@H](C)C(=O)c3ccccc3)c2c1. The highest BCUT2D eigenvalue weighted by molar-refractivity contribution is 6.22. The fraction of sp³-hybridized carbons (Fsp3) is 0.206. The van der Waals surface area contributed by atoms with Gasteiger partial charge in [0.15, 0.2) is 6.10 Å². The number of rotatable bonds is 6. The average molecular weight is 545 g/mol. The third-order valence-corrected chi connectivity index (χ3v) is 7.82. The molecule has 2 amide bonds. The molecule has 3 atom stereocenters. The fourth-order valence-corrected chi connectivity index (χ4v) is 5.61. The molecule has 6 rings (SSSR count). The highest BCUT2D eigenvalue weighted by atomic mass is 16.5. The predicted octanol–water partition coefficient (Wildman–Crippen LogP) is 6.09. The second kappa shape index (κ2) is 10.6. The van der Waals surface area contributed by atoms with Crippen LogP contribution in [0.2, 0.25) is 0 Å². The number of allylic oxidation sites excluding steroid dienone is 2. The number of pyridine rings is 1. The topological polar surface area (TPSA) is 93.6 Å². The summed E-state index contributed by atoms with van der Waals surface area (Å²) in [5.41, 5.74) is 4.07. The van der Waals surface area contributed by atoms with E-state index in [-0.39, 0.29) is 29.4 Å². The van der Waals surface area contributed by atoms with Crippen molar-refractivity contribution in [2.45, 2.75) is 32.8 Å². The maximum atomic E-state index is 13.4. The van der Waals surface area contributed by atoms with Crippen LogP contribution >= 0.6 is 0 Å². The molecule has 2 heterocycles. The van der Waals surface area contributed by atoms with E-state index in [1.54, 1.807) is 61.5 Å². The second-order valence-electron chi connectivity index (χ2n) is 10.6. The molecule has 0 spiro atoms. The maximum absolute atomic E-state index is 13.4. The minimum Gasteiger partial charge on any atom is -0.451 e. The van der Waals surface area contributed by atoms with E-state index in [0.29, 0.717) is 51.8 Å². The van der Waals surface area contributed by atoms with E-state index in [1.165, 1.54) is 4.90 Å². The fourth-order valence-electron chi connectivity index (χ4n) is 5.61. The van der Waals surface area contributed by atoms with Crippen LogP contribution < -0.4 is 4.90 Å². The number of ether oxygens (including phenoxy) is 1. The summed E-state index contributed by atoms with van der Waals surface area (Å²) in [6.07, 6.45) is 4.12. The van der Waals surface area contributed by atoms with E-state index in [9.17, 15) is 19.2 Å². The summed E-state index contributed by atoms with van der Waals surface area (Å²) in [6.45, 7) is 3.49. The smallest absolute Gasteiger partial charge is 0.339 e. The van der Waals surface area contributed by atoms with Gasteiger partial charge in [0, 0.05) is 16.5 Å². The van der Waals surface area contributed by atoms with Crippen LogP contribution in [-0.4, -0.2) is 34.7 Å². The summed E-state index contributed by atoms with van der Waals surface area (Å²) in [5, 5.41) is 0.624. The lowest BCUT2D eigenvalue weighted by atomic mass is 9.85. The van der Waals surface area contributed by atoms with Crippen molar-refractivity contribution in [3.63, 3.8) is 0 Å². The number of anilines is 1. The van der Waals surface area contributed by atoms with Crippen molar-refractivity contribution in [1.82, 2.24) is 4.98 Å². The van der Waals surface area contributed by atoms with E-state index in [0.717, 1.165) is 5.56 Å². The highest BCUT2D eigenvalue weighted by Crippen LogP contribution is 2.38. The van der Waals surface area contributed by atoms with E-state index in [1.807, 2.05) is 43.3 Å². The van der Waals surface area contributed by atoms with Crippen molar-refractivity contribution in [3.8, 4) is 11.3 Å². The Bertz CT molecular complexity index is 1700. The average Bonchev–Trinajstić information content (AvgIpc) is 3.26. The lowest BCUT2D eigenvalue weighted by Gasteiger charge is -2.16. The van der Waals surface area contributed by atoms with E-state index >= 15 is 0 Å². The number of ketones is 1. The molecular formula is C34H28N2O5. The molecule has 41 heavy (non-hydrogen) atoms. The Kier molecular flexibility index (Phi) is 6.79. The Hall–Kier alpha value is -4.91. The number of benzene rings is 3. The van der Waals surface area contributed by atoms with Gasteiger partial charge >= 0.3 is 5.97 Å². The van der Waals surface area contributed by atoms with Gasteiger partial charge in [-0.15, -0.1) is 0 Å². The summed E-state index contributed by atoms with van der Waals surface area (Å²) >= 11 is 0. The van der Waals surface area contributed by atoms with Crippen LogP contribution in [0.15, 0.2) is 91.0 Å². The van der Waals surface area contributed by atoms with Gasteiger partial charge in [-0.05, 0) is 57.0 Å². The van der Waals surface area contributed by atoms with Gasteiger partial charge in [-0.25, -0.2) is 9.78 Å². The van der Waals surface area contributed by atoms with Crippen molar-refractivity contribution < 1.29 is 23.9 Å². The Morgan fingerprint density at radius 2 is 1.54 bits per heavy atom. The lowest BCUT2D eigenvalue weighted by molar-refractivity contribution is -0.122. The van der Waals surface area contributed by atoms with Crippen molar-refractivity contribution >= 4 is 40.2 Å². The third-order valence-electron chi connectivity index (χ3n) is 7.82. The number of Topliss-reactive ketones (excluding diaryl/α,β-unsaturated/α-hetero) is 1. The minimum atomic E-state index is -0.977. The molecule has 1 saturated heterocycles. The maximum Gasteiger partial charge on any atom is 0.339 e. The molecule has 0 N–H and O–H groups in total. The molecule has 7 heteroatoms. The number of nitrogens with zero attached hydrogens (tertiary/aromatic N) is 2. The first-order valence-electron chi connectivity index (χ1n) is 13.7. The molecule has 3 aromatic carbocycles. The number of esters is 1. The summed E-state index contributed by atoms with van der Waals surface area (Å²) in [4.78, 5) is 58.4. The first kappa shape index (κ1) is 26.3. The first-order valence-corrected chi connectivity index (χ1v) is 13.7. The molecule has 4 aromatic rings. The molecule has 1 aliphatic heterocycles. The summed E-state index contributed by atoms with van der Waals surface area (Å²) in [7, 11) is 0. The van der Waals surface area contributed by atoms with Gasteiger partial charge in [0.05, 0.1) is 34.3 Å². The van der Waals surface area contributed by atoms with E-state index in [4.69, 9.17) is 9.72 Å². The molecule has 1 aromatic heterocycles. The zero-order valence-corrected chi connectivity index (χ0v) is 22.7. The number of hydrogen-bond donors (Lipinski definition) is 0. The predicted molar refractivity (Wildman–Crippen MR) is 155 cm³/mol. The standard InChI is InChI=1S/C34H28N2O5/c1-20-12-17-29-27(18-20)28(34(40)41-21(2)31(37)23-8-4-3-5-9-23)19-30(35-29)22-13-15-24(16-14-22)36-32(38)25-10-6-7-11-26(25)33(36)39/h3-9,12-19,21,25-26H,10-11H2,1-2H3/t21-,25-,26+/m1/s1. The van der Waals surface area contributed by atoms with Crippen molar-refractivity contribution in [2.75, 3.05) is 4.90 Å². The number of carbonyl (C=O) groups is 4. The van der Waals surface area contributed by atoms with Crippen LogP contribution in [0.4, 0.5) is 5.69 Å². The zero-order valence-electron chi connectivity index (χ0n) is 22.7. The molecule has 0 saturated carbocycles. The second-order valence-corrected chi connectivity index (χ2v) is 10.6. The Labute approximate surface area is 237 Å². The van der Waals surface area contributed by atoms with Gasteiger partial charge in [-0.2, -0.15) is 0 Å². The molecule has 0 radical (unpaired) electrons. The van der Waals surface area contributed by atoms with Crippen molar-refractivity contribution in [1.29, 1.82) is 0 Å².